The lowest BCUT2D eigenvalue weighted by Gasteiger charge is -2.13. The van der Waals surface area contributed by atoms with E-state index >= 15 is 0 Å². The van der Waals surface area contributed by atoms with Crippen molar-refractivity contribution in [3.8, 4) is 11.5 Å². The van der Waals surface area contributed by atoms with Crippen LogP contribution in [0.2, 0.25) is 0 Å². The van der Waals surface area contributed by atoms with Gasteiger partial charge in [-0.1, -0.05) is 0 Å². The molecule has 1 aliphatic carbocycles. The lowest BCUT2D eigenvalue weighted by atomic mass is 10.1. The molecule has 1 saturated carbocycles. The first-order valence-corrected chi connectivity index (χ1v) is 6.99. The quantitative estimate of drug-likeness (QED) is 0.891. The Balaban J connectivity index is 1.64. The van der Waals surface area contributed by atoms with E-state index in [-0.39, 0.29) is 12.8 Å². The molecule has 1 aromatic heterocycles. The highest BCUT2D eigenvalue weighted by atomic mass is 16.7. The maximum atomic E-state index is 6.13. The summed E-state index contributed by atoms with van der Waals surface area (Å²) in [5.74, 6) is 3.11. The Bertz CT molecular complexity index is 655. The van der Waals surface area contributed by atoms with E-state index in [1.807, 2.05) is 18.2 Å². The van der Waals surface area contributed by atoms with Crippen LogP contribution in [-0.2, 0) is 0 Å². The maximum Gasteiger partial charge on any atom is 0.231 e. The van der Waals surface area contributed by atoms with Crippen LogP contribution in [0.15, 0.2) is 24.4 Å². The van der Waals surface area contributed by atoms with E-state index in [4.69, 9.17) is 15.2 Å². The molecule has 0 bridgehead atoms. The Morgan fingerprint density at radius 1 is 1.30 bits per heavy atom. The molecule has 1 aliphatic heterocycles. The normalized spacial score (nSPS) is 18.2. The van der Waals surface area contributed by atoms with Crippen molar-refractivity contribution in [2.24, 2.45) is 11.7 Å². The monoisotopic (exact) mass is 271 g/mol. The smallest absolute Gasteiger partial charge is 0.231 e. The van der Waals surface area contributed by atoms with Crippen LogP contribution in [0.4, 0.5) is 5.82 Å². The van der Waals surface area contributed by atoms with Gasteiger partial charge in [0.15, 0.2) is 11.5 Å². The molecule has 20 heavy (non-hydrogen) atoms. The third kappa shape index (κ3) is 2.04. The van der Waals surface area contributed by atoms with Crippen molar-refractivity contribution < 1.29 is 9.47 Å². The second kappa shape index (κ2) is 4.52. The summed E-state index contributed by atoms with van der Waals surface area (Å²) in [4.78, 5) is 4.42. The van der Waals surface area contributed by atoms with Gasteiger partial charge in [0.25, 0.3) is 0 Å². The Labute approximate surface area is 117 Å². The molecular formula is C15H17N3O2. The summed E-state index contributed by atoms with van der Waals surface area (Å²) < 4.78 is 10.8. The number of nitrogens with zero attached hydrogens (tertiary/aromatic N) is 1. The molecule has 0 spiro atoms. The highest BCUT2D eigenvalue weighted by Gasteiger charge is 2.28. The average molecular weight is 271 g/mol. The van der Waals surface area contributed by atoms with Gasteiger partial charge < -0.3 is 20.5 Å². The predicted molar refractivity (Wildman–Crippen MR) is 77.1 cm³/mol. The summed E-state index contributed by atoms with van der Waals surface area (Å²) in [6.45, 7) is 1.04. The number of nitrogens with two attached hydrogens (primary N) is 1. The van der Waals surface area contributed by atoms with Crippen molar-refractivity contribution in [2.75, 3.05) is 18.7 Å². The number of benzene rings is 1. The Morgan fingerprint density at radius 3 is 2.90 bits per heavy atom. The second-order valence-corrected chi connectivity index (χ2v) is 5.47. The molecule has 3 N–H and O–H groups in total. The lowest BCUT2D eigenvalue weighted by Crippen LogP contribution is -2.31. The van der Waals surface area contributed by atoms with Crippen LogP contribution < -0.4 is 20.5 Å². The van der Waals surface area contributed by atoms with Crippen LogP contribution in [0.25, 0.3) is 10.8 Å². The minimum Gasteiger partial charge on any atom is -0.454 e. The Morgan fingerprint density at radius 2 is 2.10 bits per heavy atom. The van der Waals surface area contributed by atoms with E-state index in [1.165, 1.54) is 12.8 Å². The van der Waals surface area contributed by atoms with Crippen molar-refractivity contribution in [2.45, 2.75) is 18.9 Å². The number of pyridine rings is 1. The molecule has 0 saturated heterocycles. The molecule has 1 unspecified atom stereocenters. The number of hydrogen-bond donors (Lipinski definition) is 2. The van der Waals surface area contributed by atoms with Gasteiger partial charge in [0.1, 0.15) is 5.82 Å². The average Bonchev–Trinajstić information content (AvgIpc) is 3.22. The number of aromatic nitrogens is 1. The third-order valence-corrected chi connectivity index (χ3v) is 3.99. The zero-order chi connectivity index (χ0) is 13.5. The molecular weight excluding hydrogens is 254 g/mol. The van der Waals surface area contributed by atoms with Gasteiger partial charge in [-0.05, 0) is 42.3 Å². The van der Waals surface area contributed by atoms with Gasteiger partial charge in [-0.2, -0.15) is 0 Å². The molecule has 5 heteroatoms. The summed E-state index contributed by atoms with van der Waals surface area (Å²) in [5.41, 5.74) is 6.13. The van der Waals surface area contributed by atoms with Crippen molar-refractivity contribution in [3.63, 3.8) is 0 Å². The van der Waals surface area contributed by atoms with Crippen LogP contribution in [-0.4, -0.2) is 24.4 Å². The first-order chi connectivity index (χ1) is 9.81. The van der Waals surface area contributed by atoms with Gasteiger partial charge in [0, 0.05) is 24.2 Å². The highest BCUT2D eigenvalue weighted by molar-refractivity contribution is 5.94. The summed E-state index contributed by atoms with van der Waals surface area (Å²) in [6.07, 6.45) is 4.31. The summed E-state index contributed by atoms with van der Waals surface area (Å²) >= 11 is 0. The fourth-order valence-corrected chi connectivity index (χ4v) is 2.61. The molecule has 0 amide bonds. The number of nitrogens with one attached hydrogen (secondary N) is 1. The van der Waals surface area contributed by atoms with E-state index in [0.717, 1.165) is 34.6 Å². The van der Waals surface area contributed by atoms with Crippen LogP contribution in [0.5, 0.6) is 11.5 Å². The van der Waals surface area contributed by atoms with Crippen LogP contribution in [0.3, 0.4) is 0 Å². The summed E-state index contributed by atoms with van der Waals surface area (Å²) in [5, 5.41) is 5.50. The standard InChI is InChI=1S/C15H17N3O2/c16-12(9-1-2-9)7-18-15-11-6-14-13(19-8-20-14)5-10(11)3-4-17-15/h3-6,9,12H,1-2,7-8,16H2,(H,17,18). The van der Waals surface area contributed by atoms with Crippen molar-refractivity contribution in [3.05, 3.63) is 24.4 Å². The molecule has 1 aromatic carbocycles. The fraction of sp³-hybridized carbons (Fsp3) is 0.400. The highest BCUT2D eigenvalue weighted by Crippen LogP contribution is 2.38. The Hall–Kier alpha value is -2.01. The third-order valence-electron chi connectivity index (χ3n) is 3.99. The molecule has 1 atom stereocenters. The van der Waals surface area contributed by atoms with E-state index in [9.17, 15) is 0 Å². The summed E-state index contributed by atoms with van der Waals surface area (Å²) in [7, 11) is 0. The lowest BCUT2D eigenvalue weighted by molar-refractivity contribution is 0.174. The van der Waals surface area contributed by atoms with E-state index in [1.54, 1.807) is 6.20 Å². The minimum atomic E-state index is 0.209. The minimum absolute atomic E-state index is 0.209. The van der Waals surface area contributed by atoms with Gasteiger partial charge in [0.05, 0.1) is 0 Å². The van der Waals surface area contributed by atoms with E-state index in [2.05, 4.69) is 10.3 Å². The first-order valence-electron chi connectivity index (χ1n) is 6.99. The molecule has 2 aromatic rings. The first kappa shape index (κ1) is 11.8. The number of hydrogen-bond acceptors (Lipinski definition) is 5. The van der Waals surface area contributed by atoms with Gasteiger partial charge >= 0.3 is 0 Å². The van der Waals surface area contributed by atoms with Crippen molar-refractivity contribution in [1.82, 2.24) is 4.98 Å². The van der Waals surface area contributed by atoms with Gasteiger partial charge in [0.2, 0.25) is 6.79 Å². The number of fused-ring (bicyclic) bond motifs is 2. The Kier molecular flexibility index (Phi) is 2.67. The second-order valence-electron chi connectivity index (χ2n) is 5.47. The molecule has 104 valence electrons. The zero-order valence-corrected chi connectivity index (χ0v) is 11.1. The SMILES string of the molecule is NC(CNc1nccc2cc3c(cc12)OCO3)C1CC1. The number of anilines is 1. The van der Waals surface area contributed by atoms with Crippen molar-refractivity contribution >= 4 is 16.6 Å². The zero-order valence-electron chi connectivity index (χ0n) is 11.1. The van der Waals surface area contributed by atoms with Gasteiger partial charge in [-0.15, -0.1) is 0 Å². The van der Waals surface area contributed by atoms with E-state index in [0.29, 0.717) is 5.92 Å². The molecule has 2 aliphatic rings. The van der Waals surface area contributed by atoms with Crippen LogP contribution >= 0.6 is 0 Å². The topological polar surface area (TPSA) is 69.4 Å². The fourth-order valence-electron chi connectivity index (χ4n) is 2.61. The predicted octanol–water partition coefficient (Wildman–Crippen LogP) is 2.11. The van der Waals surface area contributed by atoms with Crippen LogP contribution in [0, 0.1) is 5.92 Å². The van der Waals surface area contributed by atoms with Gasteiger partial charge in [-0.3, -0.25) is 0 Å². The van der Waals surface area contributed by atoms with Gasteiger partial charge in [-0.25, -0.2) is 4.98 Å². The van der Waals surface area contributed by atoms with E-state index < -0.39 is 0 Å². The number of rotatable bonds is 4. The molecule has 5 nitrogen and oxygen atoms in total. The number of ether oxygens (including phenoxy) is 2. The molecule has 2 heterocycles. The molecule has 4 rings (SSSR count). The summed E-state index contributed by atoms with van der Waals surface area (Å²) in [6, 6.07) is 6.16. The van der Waals surface area contributed by atoms with Crippen molar-refractivity contribution in [1.29, 1.82) is 0 Å². The maximum absolute atomic E-state index is 6.13. The molecule has 0 radical (unpaired) electrons. The largest absolute Gasteiger partial charge is 0.454 e. The van der Waals surface area contributed by atoms with Crippen LogP contribution in [0.1, 0.15) is 12.8 Å². The molecule has 1 fully saturated rings.